The number of ether oxygens (including phenoxy) is 3. The van der Waals surface area contributed by atoms with Gasteiger partial charge in [-0.2, -0.15) is 8.62 Å². The monoisotopic (exact) mass is 791 g/mol. The Hall–Kier alpha value is -3.02. The van der Waals surface area contributed by atoms with Gasteiger partial charge in [-0.25, -0.2) is 23.3 Å². The lowest BCUT2D eigenvalue weighted by Crippen LogP contribution is -2.46. The van der Waals surface area contributed by atoms with Crippen LogP contribution in [0.3, 0.4) is 0 Å². The van der Waals surface area contributed by atoms with Crippen molar-refractivity contribution in [2.75, 3.05) is 6.61 Å². The molecule has 1 aromatic heterocycles. The molecule has 3 unspecified atom stereocenters. The molecule has 51 heavy (non-hydrogen) atoms. The second-order valence-electron chi connectivity index (χ2n) is 12.8. The van der Waals surface area contributed by atoms with Gasteiger partial charge < -0.3 is 44.2 Å². The number of aromatic nitrogens is 2. The van der Waals surface area contributed by atoms with E-state index in [9.17, 15) is 52.6 Å². The highest BCUT2D eigenvalue weighted by molar-refractivity contribution is 7.66. The molecule has 2 rings (SSSR count). The number of amides is 1. The van der Waals surface area contributed by atoms with Crippen molar-refractivity contribution in [1.82, 2.24) is 14.9 Å². The first-order valence-electron chi connectivity index (χ1n) is 14.7. The number of aliphatic hydroxyl groups excluding tert-OH is 1. The number of phosphoric acid groups is 3. The lowest BCUT2D eigenvalue weighted by Gasteiger charge is -2.25. The van der Waals surface area contributed by atoms with Crippen molar-refractivity contribution in [3.63, 3.8) is 0 Å². The van der Waals surface area contributed by atoms with Crippen molar-refractivity contribution in [3.8, 4) is 11.8 Å². The Kier molecular flexibility index (Phi) is 14.9. The summed E-state index contributed by atoms with van der Waals surface area (Å²) in [6.45, 7) is 8.72. The third-order valence-corrected chi connectivity index (χ3v) is 9.62. The molecule has 1 aromatic rings. The maximum absolute atomic E-state index is 12.7. The number of hydrogen-bond donors (Lipinski definition) is 7. The van der Waals surface area contributed by atoms with Crippen LogP contribution in [0.25, 0.3) is 0 Å². The number of hydrogen-bond acceptors (Lipinski definition) is 15. The number of carbonyl (C=O) groups excluding carboxylic acids is 3. The first-order valence-corrected chi connectivity index (χ1v) is 19.3. The van der Waals surface area contributed by atoms with Gasteiger partial charge in [0.2, 0.25) is 5.91 Å². The summed E-state index contributed by atoms with van der Waals surface area (Å²) in [7, 11) is -16.9. The summed E-state index contributed by atoms with van der Waals surface area (Å²) in [4.78, 5) is 101. The number of H-pyrrole nitrogens is 1. The summed E-state index contributed by atoms with van der Waals surface area (Å²) in [6.07, 6.45) is -4.55. The number of esters is 2. The molecule has 6 atom stereocenters. The fraction of sp³-hybridized carbons (Fsp3) is 0.654. The topological polar surface area (TPSA) is 326 Å². The molecule has 1 aliphatic rings. The van der Waals surface area contributed by atoms with E-state index in [1.54, 1.807) is 41.5 Å². The predicted molar refractivity (Wildman–Crippen MR) is 170 cm³/mol. The summed E-state index contributed by atoms with van der Waals surface area (Å²) in [5, 5.41) is 12.8. The zero-order valence-corrected chi connectivity index (χ0v) is 30.8. The molecule has 7 N–H and O–H groups in total. The van der Waals surface area contributed by atoms with Crippen molar-refractivity contribution in [2.45, 2.75) is 103 Å². The molecule has 0 aromatic carbocycles. The highest BCUT2D eigenvalue weighted by Gasteiger charge is 2.43. The standard InChI is InChI=1S/C26H40N3O19P3/c1-25(2,3)45-21(32)11-16(23(34)46-26(4,5)6)27-19(31)10-8-7-9-15-13-29(24(35)28-22(15)33)20-12-17(30)18(44-20)14-43-50(39,40)48-51(41,42)47-49(36,37)38/h13,16-18,20,30H,8,10-12,14H2,1-6H3,(H,27,31)(H,39,40)(H,41,42)(H,28,33,35)(H2,36,37,38)/t16?,17-,18-,20-/m1/s1. The summed E-state index contributed by atoms with van der Waals surface area (Å²) in [5.74, 6) is 2.76. The molecule has 25 heteroatoms. The molecule has 0 saturated carbocycles. The molecule has 0 spiro atoms. The molecule has 2 heterocycles. The van der Waals surface area contributed by atoms with E-state index in [0.717, 1.165) is 10.8 Å². The Morgan fingerprint density at radius 1 is 1.02 bits per heavy atom. The summed E-state index contributed by atoms with van der Waals surface area (Å²) >= 11 is 0. The second-order valence-corrected chi connectivity index (χ2v) is 17.2. The zero-order valence-electron chi connectivity index (χ0n) is 28.2. The number of carbonyl (C=O) groups is 3. The van der Waals surface area contributed by atoms with Crippen LogP contribution in [0.4, 0.5) is 0 Å². The van der Waals surface area contributed by atoms with Crippen LogP contribution in [0.15, 0.2) is 15.8 Å². The van der Waals surface area contributed by atoms with E-state index in [-0.39, 0.29) is 24.8 Å². The van der Waals surface area contributed by atoms with Gasteiger partial charge in [-0.1, -0.05) is 11.8 Å². The molecule has 1 aliphatic heterocycles. The normalized spacial score (nSPS) is 21.0. The van der Waals surface area contributed by atoms with Crippen molar-refractivity contribution >= 4 is 41.3 Å². The highest BCUT2D eigenvalue weighted by Crippen LogP contribution is 2.66. The fourth-order valence-corrected chi connectivity index (χ4v) is 7.04. The van der Waals surface area contributed by atoms with E-state index in [4.69, 9.17) is 24.0 Å². The van der Waals surface area contributed by atoms with Crippen molar-refractivity contribution in [1.29, 1.82) is 0 Å². The minimum absolute atomic E-state index is 0.154. The average molecular weight is 792 g/mol. The number of aromatic amines is 1. The first kappa shape index (κ1) is 44.1. The highest BCUT2D eigenvalue weighted by atomic mass is 31.3. The van der Waals surface area contributed by atoms with Crippen LogP contribution in [0.1, 0.15) is 79.0 Å². The minimum Gasteiger partial charge on any atom is -0.460 e. The molecule has 0 radical (unpaired) electrons. The van der Waals surface area contributed by atoms with Gasteiger partial charge >= 0.3 is 41.1 Å². The van der Waals surface area contributed by atoms with Gasteiger partial charge in [0.15, 0.2) is 0 Å². The Bertz CT molecular complexity index is 1780. The Morgan fingerprint density at radius 3 is 2.20 bits per heavy atom. The van der Waals surface area contributed by atoms with Gasteiger partial charge in [-0.05, 0) is 41.5 Å². The van der Waals surface area contributed by atoms with Gasteiger partial charge in [-0.15, -0.1) is 0 Å². The zero-order chi connectivity index (χ0) is 39.2. The molecular weight excluding hydrogens is 751 g/mol. The SMILES string of the molecule is CC(C)(C)OC(=O)CC(NC(=O)CCC#Cc1cn([C@H]2C[C@@H](O)[C@@H](COP(=O)(O)OP(=O)(O)OP(=O)(O)O)O2)c(=O)[nH]c1=O)C(=O)OC(C)(C)C. The average Bonchev–Trinajstić information content (AvgIpc) is 3.26. The first-order chi connectivity index (χ1) is 23.0. The van der Waals surface area contributed by atoms with Crippen LogP contribution in [-0.4, -0.2) is 88.1 Å². The number of nitrogens with zero attached hydrogens (tertiary/aromatic N) is 1. The molecule has 1 fully saturated rings. The summed E-state index contributed by atoms with van der Waals surface area (Å²) in [5.41, 5.74) is -3.96. The smallest absolute Gasteiger partial charge is 0.460 e. The molecular formula is C26H40N3O19P3. The Morgan fingerprint density at radius 2 is 1.63 bits per heavy atom. The Labute approximate surface area is 290 Å². The van der Waals surface area contributed by atoms with Gasteiger partial charge in [0.05, 0.1) is 19.1 Å². The molecule has 0 bridgehead atoms. The number of aliphatic hydroxyl groups is 1. The lowest BCUT2D eigenvalue weighted by molar-refractivity contribution is -0.165. The lowest BCUT2D eigenvalue weighted by atomic mass is 10.1. The van der Waals surface area contributed by atoms with Crippen LogP contribution < -0.4 is 16.6 Å². The molecule has 1 saturated heterocycles. The van der Waals surface area contributed by atoms with Crippen LogP contribution in [-0.2, 0) is 55.4 Å². The van der Waals surface area contributed by atoms with Gasteiger partial charge in [0.25, 0.3) is 5.56 Å². The van der Waals surface area contributed by atoms with Crippen LogP contribution in [0, 0.1) is 11.8 Å². The van der Waals surface area contributed by atoms with Crippen LogP contribution in [0.2, 0.25) is 0 Å². The summed E-state index contributed by atoms with van der Waals surface area (Å²) < 4.78 is 62.7. The maximum Gasteiger partial charge on any atom is 0.490 e. The quantitative estimate of drug-likeness (QED) is 0.0752. The van der Waals surface area contributed by atoms with E-state index < -0.39 is 101 Å². The van der Waals surface area contributed by atoms with Gasteiger partial charge in [0, 0.05) is 25.5 Å². The third-order valence-electron chi connectivity index (χ3n) is 5.82. The molecule has 1 amide bonds. The van der Waals surface area contributed by atoms with E-state index in [0.29, 0.717) is 0 Å². The third kappa shape index (κ3) is 16.5. The fourth-order valence-electron chi connectivity index (χ4n) is 4.01. The largest absolute Gasteiger partial charge is 0.490 e. The van der Waals surface area contributed by atoms with Crippen LogP contribution >= 0.6 is 23.5 Å². The van der Waals surface area contributed by atoms with Crippen molar-refractivity contribution < 1.29 is 80.1 Å². The number of phosphoric ester groups is 1. The van der Waals surface area contributed by atoms with Crippen molar-refractivity contribution in [3.05, 3.63) is 32.6 Å². The Balaban J connectivity index is 2.08. The van der Waals surface area contributed by atoms with E-state index in [1.807, 2.05) is 4.98 Å². The number of rotatable bonds is 14. The van der Waals surface area contributed by atoms with E-state index in [1.165, 1.54) is 0 Å². The maximum atomic E-state index is 12.7. The van der Waals surface area contributed by atoms with Gasteiger partial charge in [-0.3, -0.25) is 28.5 Å². The van der Waals surface area contributed by atoms with E-state index in [2.05, 4.69) is 30.3 Å². The van der Waals surface area contributed by atoms with Crippen LogP contribution in [0.5, 0.6) is 0 Å². The number of nitrogens with one attached hydrogen (secondary N) is 2. The summed E-state index contributed by atoms with van der Waals surface area (Å²) in [6, 6.07) is -1.36. The molecule has 0 aliphatic carbocycles. The predicted octanol–water partition coefficient (Wildman–Crippen LogP) is 0.218. The van der Waals surface area contributed by atoms with Crippen molar-refractivity contribution in [2.24, 2.45) is 0 Å². The second kappa shape index (κ2) is 17.2. The molecule has 288 valence electrons. The minimum atomic E-state index is -5.79. The van der Waals surface area contributed by atoms with E-state index >= 15 is 0 Å². The molecule has 22 nitrogen and oxygen atoms in total. The van der Waals surface area contributed by atoms with Gasteiger partial charge in [0.1, 0.15) is 35.1 Å².